The van der Waals surface area contributed by atoms with Gasteiger partial charge in [0.2, 0.25) is 5.91 Å². The number of nitrogens with zero attached hydrogens (tertiary/aromatic N) is 3. The molecule has 3 rings (SSSR count). The van der Waals surface area contributed by atoms with E-state index >= 15 is 0 Å². The van der Waals surface area contributed by atoms with E-state index < -0.39 is 0 Å². The van der Waals surface area contributed by atoms with Crippen LogP contribution in [-0.4, -0.2) is 73.3 Å². The molecule has 1 aliphatic rings. The van der Waals surface area contributed by atoms with Crippen molar-refractivity contribution < 1.29 is 14.0 Å². The normalized spacial score (nSPS) is 15.1. The monoisotopic (exact) mass is 432 g/mol. The summed E-state index contributed by atoms with van der Waals surface area (Å²) in [6, 6.07) is 11.4. The fraction of sp³-hybridized carbons (Fsp3) is 0.364. The Morgan fingerprint density at radius 2 is 1.67 bits per heavy atom. The zero-order valence-corrected chi connectivity index (χ0v) is 18.0. The van der Waals surface area contributed by atoms with E-state index in [-0.39, 0.29) is 17.6 Å². The number of nitrogens with one attached hydrogen (secondary N) is 1. The topological polar surface area (TPSA) is 55.9 Å². The third-order valence-corrected chi connectivity index (χ3v) is 5.41. The Morgan fingerprint density at radius 1 is 1.03 bits per heavy atom. The van der Waals surface area contributed by atoms with Crippen molar-refractivity contribution in [3.63, 3.8) is 0 Å². The molecule has 0 spiro atoms. The fourth-order valence-electron chi connectivity index (χ4n) is 3.35. The van der Waals surface area contributed by atoms with Crippen LogP contribution in [0.5, 0.6) is 0 Å². The summed E-state index contributed by atoms with van der Waals surface area (Å²) in [5, 5.41) is 3.32. The average Bonchev–Trinajstić information content (AvgIpc) is 2.71. The standard InChI is InChI=1S/C22H26ClFN4O2/c1-26(2)22(30)16-4-7-19(8-5-16)25-21(29)15-28-11-9-27(10-12-28)14-17-3-6-18(24)13-20(17)23/h3-8,13H,9-12,14-15H2,1-2H3,(H,25,29). The number of hydrogen-bond donors (Lipinski definition) is 1. The van der Waals surface area contributed by atoms with Gasteiger partial charge >= 0.3 is 0 Å². The fourth-order valence-corrected chi connectivity index (χ4v) is 3.58. The molecule has 0 aliphatic carbocycles. The lowest BCUT2D eigenvalue weighted by molar-refractivity contribution is -0.117. The molecule has 1 saturated heterocycles. The van der Waals surface area contributed by atoms with E-state index in [1.165, 1.54) is 17.0 Å². The van der Waals surface area contributed by atoms with Gasteiger partial charge in [-0.1, -0.05) is 17.7 Å². The van der Waals surface area contributed by atoms with Crippen LogP contribution in [0.4, 0.5) is 10.1 Å². The van der Waals surface area contributed by atoms with Crippen molar-refractivity contribution in [2.75, 3.05) is 52.1 Å². The van der Waals surface area contributed by atoms with Gasteiger partial charge in [0.05, 0.1) is 6.54 Å². The van der Waals surface area contributed by atoms with E-state index in [0.717, 1.165) is 31.7 Å². The zero-order valence-electron chi connectivity index (χ0n) is 17.2. The summed E-state index contributed by atoms with van der Waals surface area (Å²) in [6.45, 7) is 4.12. The molecule has 8 heteroatoms. The molecule has 1 aliphatic heterocycles. The first-order valence-corrected chi connectivity index (χ1v) is 10.2. The highest BCUT2D eigenvalue weighted by molar-refractivity contribution is 6.31. The second-order valence-corrected chi connectivity index (χ2v) is 8.02. The molecule has 0 unspecified atom stereocenters. The van der Waals surface area contributed by atoms with Gasteiger partial charge < -0.3 is 10.2 Å². The molecule has 30 heavy (non-hydrogen) atoms. The Balaban J connectivity index is 1.44. The highest BCUT2D eigenvalue weighted by Gasteiger charge is 2.20. The number of benzene rings is 2. The van der Waals surface area contributed by atoms with Crippen molar-refractivity contribution in [3.8, 4) is 0 Å². The molecular weight excluding hydrogens is 407 g/mol. The maximum atomic E-state index is 13.2. The van der Waals surface area contributed by atoms with Crippen LogP contribution >= 0.6 is 11.6 Å². The van der Waals surface area contributed by atoms with Gasteiger partial charge in [0, 0.05) is 63.1 Å². The van der Waals surface area contributed by atoms with Crippen LogP contribution in [-0.2, 0) is 11.3 Å². The largest absolute Gasteiger partial charge is 0.345 e. The van der Waals surface area contributed by atoms with Gasteiger partial charge in [0.1, 0.15) is 5.82 Å². The predicted molar refractivity (Wildman–Crippen MR) is 116 cm³/mol. The first-order valence-electron chi connectivity index (χ1n) is 9.82. The second-order valence-electron chi connectivity index (χ2n) is 7.61. The average molecular weight is 433 g/mol. The lowest BCUT2D eigenvalue weighted by Crippen LogP contribution is -2.48. The molecule has 2 aromatic carbocycles. The van der Waals surface area contributed by atoms with Crippen molar-refractivity contribution >= 4 is 29.1 Å². The van der Waals surface area contributed by atoms with Gasteiger partial charge in [-0.3, -0.25) is 19.4 Å². The molecule has 0 saturated carbocycles. The van der Waals surface area contributed by atoms with Gasteiger partial charge in [-0.05, 0) is 42.0 Å². The molecule has 0 aromatic heterocycles. The number of amides is 2. The number of halogens is 2. The Bertz CT molecular complexity index is 897. The van der Waals surface area contributed by atoms with Crippen molar-refractivity contribution in [1.29, 1.82) is 0 Å². The number of carbonyl (C=O) groups is 2. The van der Waals surface area contributed by atoms with E-state index in [1.807, 2.05) is 0 Å². The summed E-state index contributed by atoms with van der Waals surface area (Å²) < 4.78 is 13.2. The maximum Gasteiger partial charge on any atom is 0.253 e. The summed E-state index contributed by atoms with van der Waals surface area (Å²) in [5.41, 5.74) is 2.15. The number of rotatable bonds is 6. The van der Waals surface area contributed by atoms with E-state index in [1.54, 1.807) is 44.4 Å². The molecule has 1 fully saturated rings. The van der Waals surface area contributed by atoms with Crippen LogP contribution in [0.3, 0.4) is 0 Å². The van der Waals surface area contributed by atoms with Crippen molar-refractivity contribution in [2.45, 2.75) is 6.54 Å². The van der Waals surface area contributed by atoms with Gasteiger partial charge in [-0.2, -0.15) is 0 Å². The summed E-state index contributed by atoms with van der Waals surface area (Å²) in [5.74, 6) is -0.497. The van der Waals surface area contributed by atoms with Crippen LogP contribution in [0.15, 0.2) is 42.5 Å². The Kier molecular flexibility index (Phi) is 7.42. The molecule has 1 heterocycles. The molecule has 0 radical (unpaired) electrons. The van der Waals surface area contributed by atoms with E-state index in [2.05, 4.69) is 15.1 Å². The number of anilines is 1. The molecule has 2 aromatic rings. The molecule has 0 atom stereocenters. The Morgan fingerprint density at radius 3 is 2.27 bits per heavy atom. The van der Waals surface area contributed by atoms with Crippen molar-refractivity contribution in [3.05, 3.63) is 64.4 Å². The minimum Gasteiger partial charge on any atom is -0.345 e. The van der Waals surface area contributed by atoms with Crippen LogP contribution in [0.1, 0.15) is 15.9 Å². The SMILES string of the molecule is CN(C)C(=O)c1ccc(NC(=O)CN2CCN(Cc3ccc(F)cc3Cl)CC2)cc1. The molecule has 160 valence electrons. The van der Waals surface area contributed by atoms with E-state index in [4.69, 9.17) is 11.6 Å². The number of piperazine rings is 1. The smallest absolute Gasteiger partial charge is 0.253 e. The minimum absolute atomic E-state index is 0.0762. The molecular formula is C22H26ClFN4O2. The summed E-state index contributed by atoms with van der Waals surface area (Å²) >= 11 is 6.11. The lowest BCUT2D eigenvalue weighted by atomic mass is 10.2. The quantitative estimate of drug-likeness (QED) is 0.762. The van der Waals surface area contributed by atoms with Crippen molar-refractivity contribution in [1.82, 2.24) is 14.7 Å². The first kappa shape index (κ1) is 22.2. The summed E-state index contributed by atoms with van der Waals surface area (Å²) in [4.78, 5) is 30.1. The molecule has 0 bridgehead atoms. The van der Waals surface area contributed by atoms with E-state index in [0.29, 0.717) is 29.4 Å². The Labute approximate surface area is 181 Å². The lowest BCUT2D eigenvalue weighted by Gasteiger charge is -2.34. The van der Waals surface area contributed by atoms with Crippen molar-refractivity contribution in [2.24, 2.45) is 0 Å². The summed E-state index contributed by atoms with van der Waals surface area (Å²) in [6.07, 6.45) is 0. The third kappa shape index (κ3) is 6.01. The highest BCUT2D eigenvalue weighted by atomic mass is 35.5. The first-order chi connectivity index (χ1) is 14.3. The third-order valence-electron chi connectivity index (χ3n) is 5.06. The molecule has 1 N–H and O–H groups in total. The number of hydrogen-bond acceptors (Lipinski definition) is 4. The molecule has 6 nitrogen and oxygen atoms in total. The maximum absolute atomic E-state index is 13.2. The van der Waals surface area contributed by atoms with Gasteiger partial charge in [0.25, 0.3) is 5.91 Å². The van der Waals surface area contributed by atoms with Crippen LogP contribution < -0.4 is 5.32 Å². The van der Waals surface area contributed by atoms with Gasteiger partial charge in [-0.25, -0.2) is 4.39 Å². The van der Waals surface area contributed by atoms with Crippen LogP contribution in [0, 0.1) is 5.82 Å². The Hall–Kier alpha value is -2.48. The zero-order chi connectivity index (χ0) is 21.7. The van der Waals surface area contributed by atoms with E-state index in [9.17, 15) is 14.0 Å². The van der Waals surface area contributed by atoms with Gasteiger partial charge in [0.15, 0.2) is 0 Å². The van der Waals surface area contributed by atoms with Crippen LogP contribution in [0.25, 0.3) is 0 Å². The second kappa shape index (κ2) is 10.0. The highest BCUT2D eigenvalue weighted by Crippen LogP contribution is 2.20. The van der Waals surface area contributed by atoms with Crippen LogP contribution in [0.2, 0.25) is 5.02 Å². The minimum atomic E-state index is -0.335. The molecule has 2 amide bonds. The number of carbonyl (C=O) groups excluding carboxylic acids is 2. The predicted octanol–water partition coefficient (Wildman–Crippen LogP) is 2.94. The van der Waals surface area contributed by atoms with Gasteiger partial charge in [-0.15, -0.1) is 0 Å². The summed E-state index contributed by atoms with van der Waals surface area (Å²) in [7, 11) is 3.40.